The lowest BCUT2D eigenvalue weighted by Crippen LogP contribution is -2.29. The van der Waals surface area contributed by atoms with E-state index in [2.05, 4.69) is 4.98 Å². The summed E-state index contributed by atoms with van der Waals surface area (Å²) in [6.07, 6.45) is 2.96. The molecule has 0 spiro atoms. The van der Waals surface area contributed by atoms with Gasteiger partial charge in [0.15, 0.2) is 5.03 Å². The van der Waals surface area contributed by atoms with Gasteiger partial charge in [-0.15, -0.1) is 0 Å². The van der Waals surface area contributed by atoms with Crippen molar-refractivity contribution >= 4 is 16.0 Å². The highest BCUT2D eigenvalue weighted by Gasteiger charge is 2.23. The van der Waals surface area contributed by atoms with E-state index in [-0.39, 0.29) is 24.6 Å². The van der Waals surface area contributed by atoms with Gasteiger partial charge >= 0.3 is 5.97 Å². The van der Waals surface area contributed by atoms with Crippen LogP contribution in [0.4, 0.5) is 0 Å². The Labute approximate surface area is 113 Å². The lowest BCUT2D eigenvalue weighted by atomic mass is 10.4. The summed E-state index contributed by atoms with van der Waals surface area (Å²) in [7, 11) is -2.23. The molecule has 0 saturated carbocycles. The molecule has 8 heteroatoms. The van der Waals surface area contributed by atoms with Crippen molar-refractivity contribution in [3.63, 3.8) is 0 Å². The molecule has 1 rings (SSSR count). The number of hydrogen-bond acceptors (Lipinski definition) is 5. The minimum atomic E-state index is -3.65. The van der Waals surface area contributed by atoms with Gasteiger partial charge in [-0.3, -0.25) is 4.79 Å². The Morgan fingerprint density at radius 3 is 2.68 bits per heavy atom. The summed E-state index contributed by atoms with van der Waals surface area (Å²) >= 11 is 0. The van der Waals surface area contributed by atoms with Crippen molar-refractivity contribution in [1.82, 2.24) is 13.9 Å². The van der Waals surface area contributed by atoms with Crippen molar-refractivity contribution in [2.45, 2.75) is 31.8 Å². The molecule has 0 atom stereocenters. The molecule has 1 aromatic rings. The second-order valence-corrected chi connectivity index (χ2v) is 5.92. The monoisotopic (exact) mass is 289 g/mol. The number of imidazole rings is 1. The molecule has 0 radical (unpaired) electrons. The van der Waals surface area contributed by atoms with Crippen LogP contribution >= 0.6 is 0 Å². The first-order valence-corrected chi connectivity index (χ1v) is 7.49. The number of ether oxygens (including phenoxy) is 1. The van der Waals surface area contributed by atoms with Gasteiger partial charge in [0.05, 0.1) is 19.4 Å². The Kier molecular flexibility index (Phi) is 5.49. The van der Waals surface area contributed by atoms with E-state index < -0.39 is 16.0 Å². The van der Waals surface area contributed by atoms with Crippen LogP contribution in [0.2, 0.25) is 0 Å². The minimum absolute atomic E-state index is 0.0132. The molecule has 0 N–H and O–H groups in total. The number of esters is 1. The van der Waals surface area contributed by atoms with Crippen LogP contribution in [-0.4, -0.2) is 48.4 Å². The van der Waals surface area contributed by atoms with Gasteiger partial charge in [-0.1, -0.05) is 0 Å². The van der Waals surface area contributed by atoms with E-state index in [1.54, 1.807) is 11.5 Å². The van der Waals surface area contributed by atoms with Crippen molar-refractivity contribution < 1.29 is 17.9 Å². The Hall–Kier alpha value is -1.41. The number of nitrogens with zero attached hydrogens (tertiary/aromatic N) is 3. The molecule has 0 unspecified atom stereocenters. The summed E-state index contributed by atoms with van der Waals surface area (Å²) in [4.78, 5) is 15.1. The van der Waals surface area contributed by atoms with E-state index in [1.807, 2.05) is 6.92 Å². The third-order valence-corrected chi connectivity index (χ3v) is 4.33. The summed E-state index contributed by atoms with van der Waals surface area (Å²) in [5.74, 6) is -0.413. The Morgan fingerprint density at radius 2 is 2.16 bits per heavy atom. The van der Waals surface area contributed by atoms with Crippen LogP contribution < -0.4 is 0 Å². The van der Waals surface area contributed by atoms with E-state index in [1.165, 1.54) is 19.6 Å². The van der Waals surface area contributed by atoms with Crippen LogP contribution in [0, 0.1) is 0 Å². The van der Waals surface area contributed by atoms with E-state index in [9.17, 15) is 13.2 Å². The fourth-order valence-electron chi connectivity index (χ4n) is 1.41. The standard InChI is InChI=1S/C11H19N3O4S/c1-4-14-8-10(12-9-14)19(16,17)13(3)7-6-11(15)18-5-2/h8-9H,4-7H2,1-3H3. The Morgan fingerprint density at radius 1 is 1.47 bits per heavy atom. The summed E-state index contributed by atoms with van der Waals surface area (Å²) in [5.41, 5.74) is 0. The van der Waals surface area contributed by atoms with Crippen LogP contribution in [0.1, 0.15) is 20.3 Å². The van der Waals surface area contributed by atoms with E-state index in [4.69, 9.17) is 4.74 Å². The number of carbonyl (C=O) groups is 1. The molecule has 0 fully saturated rings. The molecule has 19 heavy (non-hydrogen) atoms. The number of rotatable bonds is 7. The van der Waals surface area contributed by atoms with Gasteiger partial charge in [-0.25, -0.2) is 13.4 Å². The van der Waals surface area contributed by atoms with E-state index in [0.29, 0.717) is 6.54 Å². The molecule has 7 nitrogen and oxygen atoms in total. The molecular weight excluding hydrogens is 270 g/mol. The molecule has 0 bridgehead atoms. The predicted octanol–water partition coefficient (Wildman–Crippen LogP) is 0.477. The topological polar surface area (TPSA) is 81.5 Å². The highest BCUT2D eigenvalue weighted by Crippen LogP contribution is 2.12. The second kappa shape index (κ2) is 6.67. The molecule has 0 aliphatic heterocycles. The number of carbonyl (C=O) groups excluding carboxylic acids is 1. The molecule has 1 heterocycles. The van der Waals surface area contributed by atoms with Crippen molar-refractivity contribution in [3.8, 4) is 0 Å². The summed E-state index contributed by atoms with van der Waals surface area (Å²) in [6, 6.07) is 0. The lowest BCUT2D eigenvalue weighted by Gasteiger charge is -2.14. The average Bonchev–Trinajstić information content (AvgIpc) is 2.85. The highest BCUT2D eigenvalue weighted by molar-refractivity contribution is 7.89. The smallest absolute Gasteiger partial charge is 0.307 e. The largest absolute Gasteiger partial charge is 0.466 e. The van der Waals surface area contributed by atoms with Crippen LogP contribution in [0.3, 0.4) is 0 Å². The molecule has 0 amide bonds. The average molecular weight is 289 g/mol. The molecule has 0 aliphatic carbocycles. The summed E-state index contributed by atoms with van der Waals surface area (Å²) < 4.78 is 31.8. The third-order valence-electron chi connectivity index (χ3n) is 2.59. The first kappa shape index (κ1) is 15.6. The van der Waals surface area contributed by atoms with Crippen LogP contribution in [-0.2, 0) is 26.1 Å². The zero-order valence-corrected chi connectivity index (χ0v) is 12.2. The maximum Gasteiger partial charge on any atom is 0.307 e. The number of sulfonamides is 1. The van der Waals surface area contributed by atoms with Gasteiger partial charge in [0.25, 0.3) is 10.0 Å². The molecular formula is C11H19N3O4S. The van der Waals surface area contributed by atoms with Crippen LogP contribution in [0.15, 0.2) is 17.6 Å². The van der Waals surface area contributed by atoms with Crippen LogP contribution in [0.25, 0.3) is 0 Å². The summed E-state index contributed by atoms with van der Waals surface area (Å²) in [6.45, 7) is 4.60. The van der Waals surface area contributed by atoms with Gasteiger partial charge in [0, 0.05) is 26.3 Å². The predicted molar refractivity (Wildman–Crippen MR) is 69.0 cm³/mol. The van der Waals surface area contributed by atoms with Crippen molar-refractivity contribution in [3.05, 3.63) is 12.5 Å². The maximum atomic E-state index is 12.1. The minimum Gasteiger partial charge on any atom is -0.466 e. The molecule has 108 valence electrons. The van der Waals surface area contributed by atoms with Gasteiger partial charge in [-0.05, 0) is 13.8 Å². The van der Waals surface area contributed by atoms with E-state index in [0.717, 1.165) is 4.31 Å². The van der Waals surface area contributed by atoms with Gasteiger partial charge in [0.1, 0.15) is 0 Å². The first-order chi connectivity index (χ1) is 8.91. The Balaban J connectivity index is 2.69. The van der Waals surface area contributed by atoms with Gasteiger partial charge in [-0.2, -0.15) is 4.31 Å². The highest BCUT2D eigenvalue weighted by atomic mass is 32.2. The quantitative estimate of drug-likeness (QED) is 0.682. The van der Waals surface area contributed by atoms with Crippen molar-refractivity contribution in [2.75, 3.05) is 20.2 Å². The molecule has 0 saturated heterocycles. The zero-order chi connectivity index (χ0) is 14.5. The molecule has 0 aliphatic rings. The van der Waals surface area contributed by atoms with Crippen molar-refractivity contribution in [2.24, 2.45) is 0 Å². The second-order valence-electron chi connectivity index (χ2n) is 3.92. The Bertz CT molecular complexity index is 524. The fraction of sp³-hybridized carbons (Fsp3) is 0.636. The number of hydrogen-bond donors (Lipinski definition) is 0. The summed E-state index contributed by atoms with van der Waals surface area (Å²) in [5, 5.41) is -0.0132. The number of aromatic nitrogens is 2. The zero-order valence-electron chi connectivity index (χ0n) is 11.4. The van der Waals surface area contributed by atoms with E-state index >= 15 is 0 Å². The normalized spacial score (nSPS) is 11.8. The molecule has 0 aromatic carbocycles. The van der Waals surface area contributed by atoms with Crippen LogP contribution in [0.5, 0.6) is 0 Å². The van der Waals surface area contributed by atoms with Gasteiger partial charge in [0.2, 0.25) is 0 Å². The maximum absolute atomic E-state index is 12.1. The SMILES string of the molecule is CCOC(=O)CCN(C)S(=O)(=O)c1cn(CC)cn1. The first-order valence-electron chi connectivity index (χ1n) is 6.05. The van der Waals surface area contributed by atoms with Crippen molar-refractivity contribution in [1.29, 1.82) is 0 Å². The lowest BCUT2D eigenvalue weighted by molar-refractivity contribution is -0.143. The van der Waals surface area contributed by atoms with Gasteiger partial charge < -0.3 is 9.30 Å². The molecule has 1 aromatic heterocycles. The fourth-order valence-corrected chi connectivity index (χ4v) is 2.51. The third kappa shape index (κ3) is 4.03. The number of aryl methyl sites for hydroxylation is 1.